The van der Waals surface area contributed by atoms with Gasteiger partial charge in [0.1, 0.15) is 18.1 Å². The standard InChI is InChI=1S/C21H35N5O10/c1-10(2)9-14(26-18(32)11(22)3-7-16(28)29)20(34)24-12(4-6-15(23)27)19(33)25-13(21(35)36)5-8-17(30)31/h10-14H,3-9,22H2,1-2H3,(H2,23,27)(H,24,34)(H,25,33)(H,26,32)(H,28,29)(H,30,31)(H,35,36). The highest BCUT2D eigenvalue weighted by Gasteiger charge is 2.31. The molecule has 10 N–H and O–H groups in total. The van der Waals surface area contributed by atoms with Gasteiger partial charge in [0.15, 0.2) is 0 Å². The van der Waals surface area contributed by atoms with E-state index in [1.54, 1.807) is 13.8 Å². The number of amides is 4. The zero-order valence-electron chi connectivity index (χ0n) is 20.2. The summed E-state index contributed by atoms with van der Waals surface area (Å²) in [5.74, 6) is -7.43. The number of carbonyl (C=O) groups is 7. The Bertz CT molecular complexity index is 832. The zero-order chi connectivity index (χ0) is 28.0. The van der Waals surface area contributed by atoms with Crippen molar-refractivity contribution in [2.75, 3.05) is 0 Å². The van der Waals surface area contributed by atoms with Gasteiger partial charge < -0.3 is 42.7 Å². The molecular formula is C21H35N5O10. The molecule has 0 bridgehead atoms. The average molecular weight is 518 g/mol. The van der Waals surface area contributed by atoms with Crippen LogP contribution in [0.5, 0.6) is 0 Å². The van der Waals surface area contributed by atoms with Crippen LogP contribution < -0.4 is 27.4 Å². The van der Waals surface area contributed by atoms with Crippen molar-refractivity contribution in [3.05, 3.63) is 0 Å². The van der Waals surface area contributed by atoms with Crippen molar-refractivity contribution >= 4 is 41.5 Å². The fraction of sp³-hybridized carbons (Fsp3) is 0.667. The predicted octanol–water partition coefficient (Wildman–Crippen LogP) is -2.11. The number of aliphatic carboxylic acids is 3. The van der Waals surface area contributed by atoms with Crippen molar-refractivity contribution in [1.29, 1.82) is 0 Å². The van der Waals surface area contributed by atoms with Crippen LogP contribution in [0.3, 0.4) is 0 Å². The summed E-state index contributed by atoms with van der Waals surface area (Å²) >= 11 is 0. The molecule has 15 heteroatoms. The Balaban J connectivity index is 5.57. The quantitative estimate of drug-likeness (QED) is 0.0974. The molecule has 4 atom stereocenters. The molecule has 0 aliphatic rings. The molecule has 0 aliphatic carbocycles. The molecule has 0 spiro atoms. The first kappa shape index (κ1) is 32.2. The maximum absolute atomic E-state index is 12.9. The first-order valence-corrected chi connectivity index (χ1v) is 11.2. The van der Waals surface area contributed by atoms with E-state index in [0.29, 0.717) is 0 Å². The van der Waals surface area contributed by atoms with Crippen molar-refractivity contribution in [1.82, 2.24) is 16.0 Å². The molecule has 0 saturated carbocycles. The third-order valence-electron chi connectivity index (χ3n) is 4.92. The molecular weight excluding hydrogens is 482 g/mol. The van der Waals surface area contributed by atoms with Crippen LogP contribution in [0.25, 0.3) is 0 Å². The summed E-state index contributed by atoms with van der Waals surface area (Å²) in [6.45, 7) is 3.52. The summed E-state index contributed by atoms with van der Waals surface area (Å²) in [7, 11) is 0. The number of rotatable bonds is 18. The van der Waals surface area contributed by atoms with Crippen LogP contribution in [0.15, 0.2) is 0 Å². The molecule has 15 nitrogen and oxygen atoms in total. The van der Waals surface area contributed by atoms with Crippen LogP contribution in [0.1, 0.15) is 58.8 Å². The lowest BCUT2D eigenvalue weighted by molar-refractivity contribution is -0.143. The summed E-state index contributed by atoms with van der Waals surface area (Å²) in [5, 5.41) is 33.7. The van der Waals surface area contributed by atoms with Gasteiger partial charge in [0, 0.05) is 19.3 Å². The molecule has 0 aromatic rings. The highest BCUT2D eigenvalue weighted by molar-refractivity contribution is 5.94. The lowest BCUT2D eigenvalue weighted by atomic mass is 10.0. The van der Waals surface area contributed by atoms with Gasteiger partial charge in [-0.15, -0.1) is 0 Å². The Morgan fingerprint density at radius 3 is 1.58 bits per heavy atom. The Morgan fingerprint density at radius 2 is 1.11 bits per heavy atom. The molecule has 0 radical (unpaired) electrons. The van der Waals surface area contributed by atoms with E-state index >= 15 is 0 Å². The van der Waals surface area contributed by atoms with Crippen molar-refractivity contribution in [3.63, 3.8) is 0 Å². The first-order valence-electron chi connectivity index (χ1n) is 11.2. The second kappa shape index (κ2) is 16.0. The molecule has 0 aromatic heterocycles. The van der Waals surface area contributed by atoms with E-state index in [9.17, 15) is 38.7 Å². The molecule has 0 saturated heterocycles. The molecule has 0 fully saturated rings. The van der Waals surface area contributed by atoms with E-state index < -0.39 is 78.5 Å². The topological polar surface area (TPSA) is 268 Å². The smallest absolute Gasteiger partial charge is 0.326 e. The maximum atomic E-state index is 12.9. The van der Waals surface area contributed by atoms with E-state index in [4.69, 9.17) is 21.7 Å². The Morgan fingerprint density at radius 1 is 0.667 bits per heavy atom. The summed E-state index contributed by atoms with van der Waals surface area (Å²) in [6, 6.07) is -5.38. The summed E-state index contributed by atoms with van der Waals surface area (Å²) in [6.07, 6.45) is -2.02. The van der Waals surface area contributed by atoms with Crippen molar-refractivity contribution < 1.29 is 48.9 Å². The number of carboxylic acids is 3. The molecule has 0 rings (SSSR count). The van der Waals surface area contributed by atoms with Crippen LogP contribution in [-0.2, 0) is 33.6 Å². The average Bonchev–Trinajstić information content (AvgIpc) is 2.75. The lowest BCUT2D eigenvalue weighted by Gasteiger charge is -2.26. The van der Waals surface area contributed by atoms with Crippen LogP contribution in [0.4, 0.5) is 0 Å². The summed E-state index contributed by atoms with van der Waals surface area (Å²) < 4.78 is 0. The zero-order valence-corrected chi connectivity index (χ0v) is 20.2. The Labute approximate surface area is 207 Å². The molecule has 204 valence electrons. The molecule has 0 aromatic carbocycles. The number of nitrogens with one attached hydrogen (secondary N) is 3. The normalized spacial score (nSPS) is 14.1. The van der Waals surface area contributed by atoms with Crippen LogP contribution in [0, 0.1) is 5.92 Å². The third-order valence-corrected chi connectivity index (χ3v) is 4.92. The van der Waals surface area contributed by atoms with Gasteiger partial charge in [-0.3, -0.25) is 28.8 Å². The number of carbonyl (C=O) groups excluding carboxylic acids is 4. The minimum Gasteiger partial charge on any atom is -0.481 e. The second-order valence-corrected chi connectivity index (χ2v) is 8.63. The number of hydrogen-bond acceptors (Lipinski definition) is 8. The number of carboxylic acid groups (broad SMARTS) is 3. The van der Waals surface area contributed by atoms with Gasteiger partial charge in [-0.25, -0.2) is 4.79 Å². The second-order valence-electron chi connectivity index (χ2n) is 8.63. The van der Waals surface area contributed by atoms with Crippen LogP contribution in [-0.4, -0.2) is 81.0 Å². The van der Waals surface area contributed by atoms with Gasteiger partial charge >= 0.3 is 17.9 Å². The van der Waals surface area contributed by atoms with Gasteiger partial charge in [0.2, 0.25) is 23.6 Å². The van der Waals surface area contributed by atoms with Crippen LogP contribution >= 0.6 is 0 Å². The Kier molecular flexibility index (Phi) is 14.4. The van der Waals surface area contributed by atoms with E-state index in [1.165, 1.54) is 0 Å². The maximum Gasteiger partial charge on any atom is 0.326 e. The number of hydrogen-bond donors (Lipinski definition) is 8. The third kappa shape index (κ3) is 13.8. The highest BCUT2D eigenvalue weighted by atomic mass is 16.4. The molecule has 4 amide bonds. The van der Waals surface area contributed by atoms with Gasteiger partial charge in [0.25, 0.3) is 0 Å². The van der Waals surface area contributed by atoms with Crippen molar-refractivity contribution in [2.24, 2.45) is 17.4 Å². The largest absolute Gasteiger partial charge is 0.481 e. The highest BCUT2D eigenvalue weighted by Crippen LogP contribution is 2.09. The lowest BCUT2D eigenvalue weighted by Crippen LogP contribution is -2.57. The van der Waals surface area contributed by atoms with E-state index in [1.807, 2.05) is 0 Å². The Hall–Kier alpha value is -3.75. The van der Waals surface area contributed by atoms with E-state index in [0.717, 1.165) is 0 Å². The summed E-state index contributed by atoms with van der Waals surface area (Å²) in [5.41, 5.74) is 10.8. The number of primary amides is 1. The molecule has 0 aliphatic heterocycles. The monoisotopic (exact) mass is 517 g/mol. The number of nitrogens with two attached hydrogens (primary N) is 2. The minimum absolute atomic E-state index is 0.110. The van der Waals surface area contributed by atoms with Crippen molar-refractivity contribution in [3.8, 4) is 0 Å². The summed E-state index contributed by atoms with van der Waals surface area (Å²) in [4.78, 5) is 82.1. The fourth-order valence-corrected chi connectivity index (χ4v) is 3.02. The molecule has 36 heavy (non-hydrogen) atoms. The van der Waals surface area contributed by atoms with Crippen molar-refractivity contribution in [2.45, 2.75) is 83.0 Å². The van der Waals surface area contributed by atoms with Crippen LogP contribution in [0.2, 0.25) is 0 Å². The minimum atomic E-state index is -1.57. The van der Waals surface area contributed by atoms with Gasteiger partial charge in [-0.2, -0.15) is 0 Å². The predicted molar refractivity (Wildman–Crippen MR) is 123 cm³/mol. The molecule has 4 unspecified atom stereocenters. The fourth-order valence-electron chi connectivity index (χ4n) is 3.02. The van der Waals surface area contributed by atoms with Gasteiger partial charge in [-0.05, 0) is 31.6 Å². The SMILES string of the molecule is CC(C)CC(NC(=O)C(N)CCC(=O)O)C(=O)NC(CCC(N)=O)C(=O)NC(CCC(=O)O)C(=O)O. The first-order chi connectivity index (χ1) is 16.6. The van der Waals surface area contributed by atoms with Gasteiger partial charge in [0.05, 0.1) is 6.04 Å². The van der Waals surface area contributed by atoms with E-state index in [-0.39, 0.29) is 38.0 Å². The van der Waals surface area contributed by atoms with E-state index in [2.05, 4.69) is 16.0 Å². The van der Waals surface area contributed by atoms with Gasteiger partial charge in [-0.1, -0.05) is 13.8 Å². The molecule has 0 heterocycles.